The number of imidazole rings is 1. The number of rotatable bonds is 8. The molecule has 0 aliphatic heterocycles. The van der Waals surface area contributed by atoms with Crippen LogP contribution in [0.5, 0.6) is 0 Å². The Bertz CT molecular complexity index is 916. The van der Waals surface area contributed by atoms with E-state index in [0.717, 1.165) is 36.1 Å². The van der Waals surface area contributed by atoms with Crippen LogP contribution in [0.1, 0.15) is 30.0 Å². The first-order valence-electron chi connectivity index (χ1n) is 8.69. The van der Waals surface area contributed by atoms with E-state index in [2.05, 4.69) is 16.6 Å². The van der Waals surface area contributed by atoms with Crippen LogP contribution in [-0.2, 0) is 29.5 Å². The fourth-order valence-electron chi connectivity index (χ4n) is 2.74. The summed E-state index contributed by atoms with van der Waals surface area (Å²) < 4.78 is 29.5. The van der Waals surface area contributed by atoms with Crippen LogP contribution in [0.2, 0.25) is 0 Å². The monoisotopic (exact) mass is 369 g/mol. The van der Waals surface area contributed by atoms with Gasteiger partial charge in [0.2, 0.25) is 10.0 Å². The molecule has 0 amide bonds. The molecule has 1 aromatic heterocycles. The van der Waals surface area contributed by atoms with E-state index in [0.29, 0.717) is 4.90 Å². The fourth-order valence-corrected chi connectivity index (χ4v) is 3.76. The Labute approximate surface area is 154 Å². The number of hydrogen-bond acceptors (Lipinski definition) is 3. The third kappa shape index (κ3) is 4.80. The van der Waals surface area contributed by atoms with Crippen LogP contribution >= 0.6 is 0 Å². The van der Waals surface area contributed by atoms with Gasteiger partial charge in [-0.1, -0.05) is 49.7 Å². The SMILES string of the molecule is CCCc1ccc(S(=O)(=O)NCc2ccc(Cn3ccnc3)cc2)cc1. The Balaban J connectivity index is 1.60. The molecular weight excluding hydrogens is 346 g/mol. The summed E-state index contributed by atoms with van der Waals surface area (Å²) in [6.45, 7) is 3.12. The second kappa shape index (κ2) is 8.29. The van der Waals surface area contributed by atoms with Crippen LogP contribution in [0.25, 0.3) is 0 Å². The summed E-state index contributed by atoms with van der Waals surface area (Å²) in [4.78, 5) is 4.32. The van der Waals surface area contributed by atoms with E-state index in [1.807, 2.05) is 47.2 Å². The molecule has 0 spiro atoms. The van der Waals surface area contributed by atoms with Gasteiger partial charge in [-0.25, -0.2) is 18.1 Å². The highest BCUT2D eigenvalue weighted by molar-refractivity contribution is 7.89. The zero-order valence-corrected chi connectivity index (χ0v) is 15.6. The van der Waals surface area contributed by atoms with Gasteiger partial charge in [-0.05, 0) is 35.2 Å². The van der Waals surface area contributed by atoms with E-state index in [9.17, 15) is 8.42 Å². The summed E-state index contributed by atoms with van der Waals surface area (Å²) in [5.74, 6) is 0. The highest BCUT2D eigenvalue weighted by atomic mass is 32.2. The molecule has 136 valence electrons. The number of hydrogen-bond donors (Lipinski definition) is 1. The second-order valence-corrected chi connectivity index (χ2v) is 8.04. The van der Waals surface area contributed by atoms with Crippen LogP contribution in [-0.4, -0.2) is 18.0 Å². The smallest absolute Gasteiger partial charge is 0.240 e. The molecule has 5 nitrogen and oxygen atoms in total. The molecule has 0 saturated heterocycles. The molecule has 26 heavy (non-hydrogen) atoms. The van der Waals surface area contributed by atoms with Gasteiger partial charge < -0.3 is 4.57 Å². The van der Waals surface area contributed by atoms with Crippen LogP contribution in [0.4, 0.5) is 0 Å². The minimum Gasteiger partial charge on any atom is -0.333 e. The van der Waals surface area contributed by atoms with Crippen molar-refractivity contribution in [3.63, 3.8) is 0 Å². The Morgan fingerprint density at radius 3 is 2.23 bits per heavy atom. The summed E-state index contributed by atoms with van der Waals surface area (Å²) >= 11 is 0. The lowest BCUT2D eigenvalue weighted by Crippen LogP contribution is -2.23. The first-order valence-corrected chi connectivity index (χ1v) is 10.2. The minimum atomic E-state index is -3.50. The zero-order valence-electron chi connectivity index (χ0n) is 14.8. The van der Waals surface area contributed by atoms with Gasteiger partial charge >= 0.3 is 0 Å². The van der Waals surface area contributed by atoms with E-state index in [4.69, 9.17) is 0 Å². The maximum atomic E-state index is 12.4. The lowest BCUT2D eigenvalue weighted by Gasteiger charge is -2.09. The first-order chi connectivity index (χ1) is 12.6. The average Bonchev–Trinajstić information content (AvgIpc) is 3.15. The van der Waals surface area contributed by atoms with Gasteiger partial charge in [0.25, 0.3) is 0 Å². The first kappa shape index (κ1) is 18.4. The maximum Gasteiger partial charge on any atom is 0.240 e. The molecule has 0 fully saturated rings. The lowest BCUT2D eigenvalue weighted by atomic mass is 10.1. The Kier molecular flexibility index (Phi) is 5.85. The average molecular weight is 369 g/mol. The van der Waals surface area contributed by atoms with Crippen LogP contribution in [0.15, 0.2) is 72.1 Å². The van der Waals surface area contributed by atoms with E-state index >= 15 is 0 Å². The van der Waals surface area contributed by atoms with Crippen molar-refractivity contribution in [3.8, 4) is 0 Å². The van der Waals surface area contributed by atoms with Gasteiger partial charge in [-0.15, -0.1) is 0 Å². The van der Waals surface area contributed by atoms with Crippen molar-refractivity contribution in [1.82, 2.24) is 14.3 Å². The van der Waals surface area contributed by atoms with Gasteiger partial charge in [-0.2, -0.15) is 0 Å². The Morgan fingerprint density at radius 2 is 1.62 bits per heavy atom. The summed E-state index contributed by atoms with van der Waals surface area (Å²) in [5, 5.41) is 0. The zero-order chi connectivity index (χ0) is 18.4. The van der Waals surface area contributed by atoms with Crippen molar-refractivity contribution in [2.24, 2.45) is 0 Å². The third-order valence-corrected chi connectivity index (χ3v) is 5.60. The summed E-state index contributed by atoms with van der Waals surface area (Å²) in [5.41, 5.74) is 3.21. The van der Waals surface area contributed by atoms with Crippen molar-refractivity contribution in [2.45, 2.75) is 37.8 Å². The highest BCUT2D eigenvalue weighted by Crippen LogP contribution is 2.13. The van der Waals surface area contributed by atoms with Crippen molar-refractivity contribution >= 4 is 10.0 Å². The molecular formula is C20H23N3O2S. The molecule has 6 heteroatoms. The van der Waals surface area contributed by atoms with Crippen molar-refractivity contribution < 1.29 is 8.42 Å². The topological polar surface area (TPSA) is 64.0 Å². The number of nitrogens with zero attached hydrogens (tertiary/aromatic N) is 2. The molecule has 1 heterocycles. The van der Waals surface area contributed by atoms with Crippen LogP contribution in [0, 0.1) is 0 Å². The van der Waals surface area contributed by atoms with E-state index in [1.54, 1.807) is 24.7 Å². The van der Waals surface area contributed by atoms with Gasteiger partial charge in [0, 0.05) is 25.5 Å². The molecule has 0 bridgehead atoms. The molecule has 1 N–H and O–H groups in total. The molecule has 0 atom stereocenters. The quantitative estimate of drug-likeness (QED) is 0.662. The van der Waals surface area contributed by atoms with Crippen molar-refractivity contribution in [2.75, 3.05) is 0 Å². The minimum absolute atomic E-state index is 0.268. The number of benzene rings is 2. The predicted octanol–water partition coefficient (Wildman–Crippen LogP) is 3.36. The third-order valence-electron chi connectivity index (χ3n) is 4.19. The van der Waals surface area contributed by atoms with Gasteiger partial charge in [-0.3, -0.25) is 0 Å². The van der Waals surface area contributed by atoms with Crippen molar-refractivity contribution in [1.29, 1.82) is 0 Å². The number of aryl methyl sites for hydroxylation is 1. The highest BCUT2D eigenvalue weighted by Gasteiger charge is 2.13. The van der Waals surface area contributed by atoms with E-state index < -0.39 is 10.0 Å². The molecule has 0 aliphatic rings. The molecule has 0 unspecified atom stereocenters. The van der Waals surface area contributed by atoms with Crippen LogP contribution < -0.4 is 4.72 Å². The van der Waals surface area contributed by atoms with Crippen molar-refractivity contribution in [3.05, 3.63) is 83.9 Å². The van der Waals surface area contributed by atoms with Crippen LogP contribution in [0.3, 0.4) is 0 Å². The normalized spacial score (nSPS) is 11.6. The Morgan fingerprint density at radius 1 is 0.962 bits per heavy atom. The maximum absolute atomic E-state index is 12.4. The van der Waals surface area contributed by atoms with Gasteiger partial charge in [0.05, 0.1) is 11.2 Å². The Hall–Kier alpha value is -2.44. The summed E-state index contributed by atoms with van der Waals surface area (Å²) in [6.07, 6.45) is 7.43. The van der Waals surface area contributed by atoms with Gasteiger partial charge in [0.15, 0.2) is 0 Å². The second-order valence-electron chi connectivity index (χ2n) is 6.27. The lowest BCUT2D eigenvalue weighted by molar-refractivity contribution is 0.581. The number of sulfonamides is 1. The molecule has 0 saturated carbocycles. The van der Waals surface area contributed by atoms with E-state index in [-0.39, 0.29) is 6.54 Å². The molecule has 3 aromatic rings. The molecule has 3 rings (SSSR count). The summed E-state index contributed by atoms with van der Waals surface area (Å²) in [7, 11) is -3.50. The molecule has 0 aliphatic carbocycles. The standard InChI is InChI=1S/C20H23N3O2S/c1-2-3-17-8-10-20(11-9-17)26(24,25)22-14-18-4-6-19(7-5-18)15-23-13-12-21-16-23/h4-13,16,22H,2-3,14-15H2,1H3. The largest absolute Gasteiger partial charge is 0.333 e. The number of aromatic nitrogens is 2. The van der Waals surface area contributed by atoms with E-state index in [1.165, 1.54) is 0 Å². The fraction of sp³-hybridized carbons (Fsp3) is 0.250. The summed E-state index contributed by atoms with van der Waals surface area (Å²) in [6, 6.07) is 15.0. The number of nitrogens with one attached hydrogen (secondary N) is 1. The predicted molar refractivity (Wildman–Crippen MR) is 102 cm³/mol. The molecule has 0 radical (unpaired) electrons. The van der Waals surface area contributed by atoms with Gasteiger partial charge in [0.1, 0.15) is 0 Å². The molecule has 2 aromatic carbocycles.